The highest BCUT2D eigenvalue weighted by molar-refractivity contribution is 5.91. The van der Waals surface area contributed by atoms with E-state index < -0.39 is 0 Å². The van der Waals surface area contributed by atoms with Crippen LogP contribution in [0.25, 0.3) is 22.1 Å². The number of benzene rings is 3. The summed E-state index contributed by atoms with van der Waals surface area (Å²) < 4.78 is 28.1. The molecule has 35 heavy (non-hydrogen) atoms. The van der Waals surface area contributed by atoms with Crippen molar-refractivity contribution in [2.75, 3.05) is 20.8 Å². The molecule has 7 nitrogen and oxygen atoms in total. The number of methoxy groups -OCH3 is 2. The van der Waals surface area contributed by atoms with Crippen molar-refractivity contribution in [3.63, 3.8) is 0 Å². The summed E-state index contributed by atoms with van der Waals surface area (Å²) in [7, 11) is 3.20. The Morgan fingerprint density at radius 2 is 1.80 bits per heavy atom. The van der Waals surface area contributed by atoms with Crippen molar-refractivity contribution in [3.8, 4) is 28.4 Å². The Kier molecular flexibility index (Phi) is 7.57. The number of rotatable bonds is 10. The van der Waals surface area contributed by atoms with Crippen LogP contribution < -0.4 is 19.9 Å². The molecular weight excluding hydrogens is 446 g/mol. The molecule has 3 aromatic carbocycles. The first-order valence-corrected chi connectivity index (χ1v) is 11.4. The fourth-order valence-corrected chi connectivity index (χ4v) is 3.93. The quantitative estimate of drug-likeness (QED) is 0.313. The zero-order valence-electron chi connectivity index (χ0n) is 20.1. The second-order valence-corrected chi connectivity index (χ2v) is 7.96. The zero-order chi connectivity index (χ0) is 24.8. The van der Waals surface area contributed by atoms with Gasteiger partial charge in [0.25, 0.3) is 0 Å². The van der Waals surface area contributed by atoms with Gasteiger partial charge < -0.3 is 29.1 Å². The molecule has 0 unspecified atom stereocenters. The lowest BCUT2D eigenvalue weighted by atomic mass is 10.00. The normalized spacial score (nSPS) is 10.9. The Morgan fingerprint density at radius 3 is 2.54 bits per heavy atom. The molecule has 0 radical (unpaired) electrons. The van der Waals surface area contributed by atoms with Crippen LogP contribution >= 0.6 is 0 Å². The molecule has 182 valence electrons. The van der Waals surface area contributed by atoms with Crippen LogP contribution in [0.3, 0.4) is 0 Å². The van der Waals surface area contributed by atoms with Crippen LogP contribution in [0.5, 0.6) is 17.2 Å². The lowest BCUT2D eigenvalue weighted by Crippen LogP contribution is -2.09. The number of hydrogen-bond acceptors (Lipinski definition) is 7. The Hall–Kier alpha value is -3.97. The van der Waals surface area contributed by atoms with Crippen molar-refractivity contribution in [1.82, 2.24) is 0 Å². The van der Waals surface area contributed by atoms with Crippen molar-refractivity contribution in [1.29, 1.82) is 0 Å². The fraction of sp³-hybridized carbons (Fsp3) is 0.250. The van der Waals surface area contributed by atoms with E-state index >= 15 is 0 Å². The van der Waals surface area contributed by atoms with Crippen LogP contribution in [0, 0.1) is 0 Å². The van der Waals surface area contributed by atoms with Gasteiger partial charge in [-0.1, -0.05) is 24.3 Å². The average Bonchev–Trinajstić information content (AvgIpc) is 3.30. The van der Waals surface area contributed by atoms with Gasteiger partial charge in [0.15, 0.2) is 11.3 Å². The van der Waals surface area contributed by atoms with E-state index in [1.54, 1.807) is 39.5 Å². The summed E-state index contributed by atoms with van der Waals surface area (Å²) >= 11 is 0. The molecule has 0 saturated carbocycles. The van der Waals surface area contributed by atoms with E-state index in [0.29, 0.717) is 41.5 Å². The fourth-order valence-electron chi connectivity index (χ4n) is 3.93. The maximum atomic E-state index is 12.1. The lowest BCUT2D eigenvalue weighted by Gasteiger charge is -2.13. The zero-order valence-corrected chi connectivity index (χ0v) is 20.1. The maximum absolute atomic E-state index is 12.1. The minimum atomic E-state index is -0.314. The van der Waals surface area contributed by atoms with Crippen molar-refractivity contribution in [3.05, 3.63) is 77.6 Å². The summed E-state index contributed by atoms with van der Waals surface area (Å²) in [6.45, 7) is 2.80. The second-order valence-electron chi connectivity index (χ2n) is 7.96. The summed E-state index contributed by atoms with van der Waals surface area (Å²) in [5, 5.41) is 0.882. The third-order valence-electron chi connectivity index (χ3n) is 5.73. The number of carbonyl (C=O) groups excluding carboxylic acids is 1. The highest BCUT2D eigenvalue weighted by Gasteiger charge is 2.16. The van der Waals surface area contributed by atoms with Crippen molar-refractivity contribution in [2.24, 2.45) is 5.73 Å². The smallest absolute Gasteiger partial charge is 0.310 e. The predicted octanol–water partition coefficient (Wildman–Crippen LogP) is 5.26. The van der Waals surface area contributed by atoms with Gasteiger partial charge in [-0.3, -0.25) is 4.79 Å². The SMILES string of the molecule is CCOC(=O)Cc1ccc(OC)cc1OCc1coc2c(OC)cc(-c3cccc(CN)c3)cc12. The summed E-state index contributed by atoms with van der Waals surface area (Å²) in [6.07, 6.45) is 1.77. The first-order valence-electron chi connectivity index (χ1n) is 11.4. The van der Waals surface area contributed by atoms with Gasteiger partial charge in [0.1, 0.15) is 18.1 Å². The molecule has 7 heteroatoms. The van der Waals surface area contributed by atoms with Gasteiger partial charge in [0, 0.05) is 29.1 Å². The summed E-state index contributed by atoms with van der Waals surface area (Å²) in [5.74, 6) is 1.50. The highest BCUT2D eigenvalue weighted by Crippen LogP contribution is 2.36. The first-order chi connectivity index (χ1) is 17.1. The summed E-state index contributed by atoms with van der Waals surface area (Å²) in [5.41, 5.74) is 11.1. The molecule has 1 heterocycles. The second kappa shape index (κ2) is 11.0. The number of hydrogen-bond donors (Lipinski definition) is 1. The molecule has 2 N–H and O–H groups in total. The first kappa shape index (κ1) is 24.2. The van der Waals surface area contributed by atoms with E-state index in [0.717, 1.165) is 27.6 Å². The van der Waals surface area contributed by atoms with Gasteiger partial charge in [-0.15, -0.1) is 0 Å². The Morgan fingerprint density at radius 1 is 0.943 bits per heavy atom. The highest BCUT2D eigenvalue weighted by atomic mass is 16.5. The lowest BCUT2D eigenvalue weighted by molar-refractivity contribution is -0.142. The number of esters is 1. The van der Waals surface area contributed by atoms with E-state index in [4.69, 9.17) is 29.1 Å². The van der Waals surface area contributed by atoms with Gasteiger partial charge in [-0.05, 0) is 47.9 Å². The number of nitrogens with two attached hydrogens (primary N) is 1. The predicted molar refractivity (Wildman–Crippen MR) is 134 cm³/mol. The number of ether oxygens (including phenoxy) is 4. The number of fused-ring (bicyclic) bond motifs is 1. The van der Waals surface area contributed by atoms with Gasteiger partial charge in [-0.25, -0.2) is 0 Å². The molecular formula is C28H29NO6. The van der Waals surface area contributed by atoms with Crippen molar-refractivity contribution < 1.29 is 28.2 Å². The molecule has 4 rings (SSSR count). The van der Waals surface area contributed by atoms with Crippen LogP contribution in [-0.2, 0) is 29.1 Å². The number of carbonyl (C=O) groups is 1. The van der Waals surface area contributed by atoms with E-state index in [2.05, 4.69) is 12.1 Å². The van der Waals surface area contributed by atoms with Gasteiger partial charge in [0.2, 0.25) is 0 Å². The van der Waals surface area contributed by atoms with Gasteiger partial charge >= 0.3 is 5.97 Å². The Balaban J connectivity index is 1.67. The Labute approximate surface area is 204 Å². The topological polar surface area (TPSA) is 93.2 Å². The largest absolute Gasteiger partial charge is 0.497 e. The van der Waals surface area contributed by atoms with Gasteiger partial charge in [0.05, 0.1) is 33.5 Å². The molecule has 4 aromatic rings. The number of furan rings is 1. The van der Waals surface area contributed by atoms with Crippen LogP contribution in [0.2, 0.25) is 0 Å². The molecule has 0 saturated heterocycles. The minimum Gasteiger partial charge on any atom is -0.497 e. The van der Waals surface area contributed by atoms with Crippen LogP contribution in [0.4, 0.5) is 0 Å². The Bertz CT molecular complexity index is 1330. The summed E-state index contributed by atoms with van der Waals surface area (Å²) in [6, 6.07) is 17.5. The molecule has 0 fully saturated rings. The minimum absolute atomic E-state index is 0.106. The molecule has 0 aliphatic rings. The molecule has 0 aliphatic heterocycles. The van der Waals surface area contributed by atoms with Crippen LogP contribution in [0.1, 0.15) is 23.6 Å². The van der Waals surface area contributed by atoms with Crippen molar-refractivity contribution >= 4 is 16.9 Å². The third kappa shape index (κ3) is 5.41. The van der Waals surface area contributed by atoms with E-state index in [1.807, 2.05) is 30.3 Å². The molecule has 0 bridgehead atoms. The van der Waals surface area contributed by atoms with E-state index in [1.165, 1.54) is 0 Å². The van der Waals surface area contributed by atoms with E-state index in [9.17, 15) is 4.79 Å². The van der Waals surface area contributed by atoms with Gasteiger partial charge in [-0.2, -0.15) is 0 Å². The summed E-state index contributed by atoms with van der Waals surface area (Å²) in [4.78, 5) is 12.1. The molecule has 0 atom stereocenters. The van der Waals surface area contributed by atoms with Crippen molar-refractivity contribution in [2.45, 2.75) is 26.5 Å². The molecule has 0 spiro atoms. The third-order valence-corrected chi connectivity index (χ3v) is 5.73. The standard InChI is InChI=1S/C28H29NO6/c1-4-33-27(30)13-20-8-9-23(31-2)14-25(20)34-16-22-17-35-28-24(22)11-21(12-26(28)32-3)19-7-5-6-18(10-19)15-29/h5-12,14,17H,4,13,15-16,29H2,1-3H3. The van der Waals surface area contributed by atoms with Crippen LogP contribution in [-0.4, -0.2) is 26.8 Å². The van der Waals surface area contributed by atoms with E-state index in [-0.39, 0.29) is 19.0 Å². The maximum Gasteiger partial charge on any atom is 0.310 e. The molecule has 0 aliphatic carbocycles. The monoisotopic (exact) mass is 475 g/mol. The molecule has 1 aromatic heterocycles. The molecule has 0 amide bonds. The average molecular weight is 476 g/mol. The van der Waals surface area contributed by atoms with Crippen LogP contribution in [0.15, 0.2) is 65.3 Å².